The minimum Gasteiger partial charge on any atom is -0.478 e. The van der Waals surface area contributed by atoms with Gasteiger partial charge in [-0.2, -0.15) is 13.2 Å². The van der Waals surface area contributed by atoms with Crippen LogP contribution in [0, 0.1) is 0 Å². The molecule has 3 fully saturated rings. The number of esters is 1. The van der Waals surface area contributed by atoms with Crippen LogP contribution >= 0.6 is 23.2 Å². The van der Waals surface area contributed by atoms with Crippen molar-refractivity contribution < 1.29 is 37.1 Å². The highest BCUT2D eigenvalue weighted by Gasteiger charge is 2.46. The summed E-state index contributed by atoms with van der Waals surface area (Å²) in [6, 6.07) is 7.41. The molecule has 3 atom stereocenters. The lowest BCUT2D eigenvalue weighted by Gasteiger charge is -2.41. The third-order valence-corrected chi connectivity index (χ3v) is 8.49. The third-order valence-electron chi connectivity index (χ3n) is 7.86. The highest BCUT2D eigenvalue weighted by molar-refractivity contribution is 6.39. The zero-order chi connectivity index (χ0) is 28.3. The number of hydrogen-bond donors (Lipinski definition) is 1. The molecule has 3 aliphatic rings. The Bertz CT molecular complexity index is 1470. The molecule has 40 heavy (non-hydrogen) atoms. The summed E-state index contributed by atoms with van der Waals surface area (Å²) in [4.78, 5) is 26.6. The lowest BCUT2D eigenvalue weighted by Crippen LogP contribution is -2.46. The van der Waals surface area contributed by atoms with Gasteiger partial charge in [0.2, 0.25) is 0 Å². The molecule has 0 unspecified atom stereocenters. The summed E-state index contributed by atoms with van der Waals surface area (Å²) in [5, 5.41) is 14.0. The van der Waals surface area contributed by atoms with Crippen LogP contribution in [-0.4, -0.2) is 40.4 Å². The van der Waals surface area contributed by atoms with Gasteiger partial charge in [0.1, 0.15) is 17.4 Å². The molecule has 3 aromatic rings. The van der Waals surface area contributed by atoms with Crippen molar-refractivity contribution in [1.29, 1.82) is 0 Å². The Morgan fingerprint density at radius 3 is 2.25 bits per heavy atom. The largest absolute Gasteiger partial charge is 0.478 e. The Hall–Kier alpha value is -3.24. The van der Waals surface area contributed by atoms with E-state index in [0.29, 0.717) is 53.1 Å². The molecule has 210 valence electrons. The van der Waals surface area contributed by atoms with Gasteiger partial charge in [-0.3, -0.25) is 0 Å². The first-order valence-corrected chi connectivity index (χ1v) is 13.7. The fraction of sp³-hybridized carbons (Fsp3) is 0.393. The molecule has 3 heterocycles. The van der Waals surface area contributed by atoms with Gasteiger partial charge in [-0.15, -0.1) is 0 Å². The van der Waals surface area contributed by atoms with Gasteiger partial charge in [0, 0.05) is 42.1 Å². The second-order valence-electron chi connectivity index (χ2n) is 10.5. The number of alkyl halides is 3. The van der Waals surface area contributed by atoms with E-state index < -0.39 is 35.3 Å². The zero-order valence-electron chi connectivity index (χ0n) is 20.9. The second kappa shape index (κ2) is 9.99. The molecule has 0 spiro atoms. The molecular weight excluding hydrogens is 572 g/mol. The van der Waals surface area contributed by atoms with E-state index in [1.807, 2.05) is 0 Å². The van der Waals surface area contributed by atoms with Crippen molar-refractivity contribution in [2.24, 2.45) is 0 Å². The van der Waals surface area contributed by atoms with Gasteiger partial charge < -0.3 is 19.3 Å². The summed E-state index contributed by atoms with van der Waals surface area (Å²) in [5.74, 6) is -1.60. The van der Waals surface area contributed by atoms with Crippen molar-refractivity contribution >= 4 is 40.8 Å². The van der Waals surface area contributed by atoms with Gasteiger partial charge in [-0.1, -0.05) is 34.4 Å². The van der Waals surface area contributed by atoms with Crippen molar-refractivity contribution in [1.82, 2.24) is 5.16 Å². The Labute approximate surface area is 236 Å². The molecule has 2 aliphatic heterocycles. The number of anilines is 1. The van der Waals surface area contributed by atoms with E-state index in [9.17, 15) is 27.9 Å². The summed E-state index contributed by atoms with van der Waals surface area (Å²) in [6.07, 6.45) is -1.68. The molecule has 2 saturated heterocycles. The Kier molecular flexibility index (Phi) is 6.73. The standard InChI is InChI=1S/C28H23Cl2F3N2O5/c29-19-2-1-3-20(30)22(19)24-23(25(40-34-24)13-4-5-13)27(38)39-17-11-15-7-8-16(12-17)35(15)21-9-6-14(26(36)37)10-18(21)28(31,32)33/h1-3,6,9-10,13,15-17H,4-5,7-8,11-12H2,(H,36,37)/t15-,16+,17-. The first-order chi connectivity index (χ1) is 19.0. The number of hydrogen-bond acceptors (Lipinski definition) is 6. The number of carboxylic acid groups (broad SMARTS) is 1. The molecule has 1 N–H and O–H groups in total. The highest BCUT2D eigenvalue weighted by atomic mass is 35.5. The van der Waals surface area contributed by atoms with Gasteiger partial charge in [0.05, 0.1) is 21.2 Å². The lowest BCUT2D eigenvalue weighted by molar-refractivity contribution is -0.137. The maximum atomic E-state index is 13.9. The fourth-order valence-electron chi connectivity index (χ4n) is 5.97. The smallest absolute Gasteiger partial charge is 0.418 e. The molecule has 1 aromatic heterocycles. The predicted molar refractivity (Wildman–Crippen MR) is 140 cm³/mol. The molecule has 1 saturated carbocycles. The van der Waals surface area contributed by atoms with Crippen molar-refractivity contribution in [3.05, 3.63) is 68.9 Å². The van der Waals surface area contributed by atoms with E-state index in [0.717, 1.165) is 12.8 Å². The summed E-state index contributed by atoms with van der Waals surface area (Å²) in [5.41, 5.74) is -0.721. The van der Waals surface area contributed by atoms with Crippen LogP contribution in [0.2, 0.25) is 10.0 Å². The number of benzene rings is 2. The van der Waals surface area contributed by atoms with Crippen LogP contribution in [0.5, 0.6) is 0 Å². The van der Waals surface area contributed by atoms with E-state index in [1.54, 1.807) is 23.1 Å². The molecule has 2 bridgehead atoms. The number of fused-ring (bicyclic) bond motifs is 2. The van der Waals surface area contributed by atoms with Crippen molar-refractivity contribution in [3.63, 3.8) is 0 Å². The van der Waals surface area contributed by atoms with Crippen LogP contribution in [0.15, 0.2) is 40.9 Å². The second-order valence-corrected chi connectivity index (χ2v) is 11.3. The van der Waals surface area contributed by atoms with E-state index in [4.69, 9.17) is 32.5 Å². The van der Waals surface area contributed by atoms with Crippen LogP contribution in [0.3, 0.4) is 0 Å². The number of halogens is 5. The lowest BCUT2D eigenvalue weighted by atomic mass is 9.96. The SMILES string of the molecule is O=C(O)c1ccc(N2[C@@H]3CC[C@H]2C[C@H](OC(=O)c2c(-c4c(Cl)cccc4Cl)noc2C2CC2)C3)c(C(F)(F)F)c1. The van der Waals surface area contributed by atoms with Crippen molar-refractivity contribution in [3.8, 4) is 11.3 Å². The number of nitrogens with zero attached hydrogens (tertiary/aromatic N) is 2. The third kappa shape index (κ3) is 4.81. The Balaban J connectivity index is 1.26. The number of carbonyl (C=O) groups excluding carboxylic acids is 1. The number of rotatable bonds is 6. The van der Waals surface area contributed by atoms with Crippen LogP contribution in [0.25, 0.3) is 11.3 Å². The maximum Gasteiger partial charge on any atom is 0.418 e. The molecule has 1 aliphatic carbocycles. The minimum absolute atomic E-state index is 0.0395. The maximum absolute atomic E-state index is 13.9. The first kappa shape index (κ1) is 27.0. The Morgan fingerprint density at radius 2 is 1.68 bits per heavy atom. The number of ether oxygens (including phenoxy) is 1. The molecular formula is C28H23Cl2F3N2O5. The average Bonchev–Trinajstić information content (AvgIpc) is 3.58. The normalized spacial score (nSPS) is 22.4. The van der Waals surface area contributed by atoms with Crippen LogP contribution in [0.4, 0.5) is 18.9 Å². The molecule has 7 nitrogen and oxygen atoms in total. The molecule has 12 heteroatoms. The van der Waals surface area contributed by atoms with Gasteiger partial charge >= 0.3 is 18.1 Å². The topological polar surface area (TPSA) is 92.9 Å². The number of piperidine rings is 1. The van der Waals surface area contributed by atoms with Gasteiger partial charge in [-0.05, 0) is 56.0 Å². The minimum atomic E-state index is -4.73. The summed E-state index contributed by atoms with van der Waals surface area (Å²) >= 11 is 12.8. The van der Waals surface area contributed by atoms with Gasteiger partial charge in [0.25, 0.3) is 0 Å². The van der Waals surface area contributed by atoms with E-state index >= 15 is 0 Å². The Morgan fingerprint density at radius 1 is 1.02 bits per heavy atom. The molecule has 0 amide bonds. The van der Waals surface area contributed by atoms with Crippen LogP contribution in [-0.2, 0) is 10.9 Å². The number of aromatic carboxylic acids is 1. The fourth-order valence-corrected chi connectivity index (χ4v) is 6.54. The quantitative estimate of drug-likeness (QED) is 0.294. The van der Waals surface area contributed by atoms with E-state index in [-0.39, 0.29) is 34.9 Å². The number of aromatic nitrogens is 1. The van der Waals surface area contributed by atoms with Crippen molar-refractivity contribution in [2.75, 3.05) is 4.90 Å². The first-order valence-electron chi connectivity index (χ1n) is 12.9. The summed E-state index contributed by atoms with van der Waals surface area (Å²) in [7, 11) is 0. The van der Waals surface area contributed by atoms with Crippen LogP contribution < -0.4 is 4.90 Å². The van der Waals surface area contributed by atoms with Crippen LogP contribution in [0.1, 0.15) is 76.5 Å². The van der Waals surface area contributed by atoms with Gasteiger partial charge in [-0.25, -0.2) is 9.59 Å². The van der Waals surface area contributed by atoms with Crippen molar-refractivity contribution in [2.45, 2.75) is 68.8 Å². The summed E-state index contributed by atoms with van der Waals surface area (Å²) < 4.78 is 53.4. The average molecular weight is 595 g/mol. The molecule has 2 aromatic carbocycles. The molecule has 6 rings (SSSR count). The van der Waals surface area contributed by atoms with E-state index in [2.05, 4.69) is 5.16 Å². The number of carboxylic acids is 1. The molecule has 0 radical (unpaired) electrons. The monoisotopic (exact) mass is 594 g/mol. The van der Waals surface area contributed by atoms with E-state index in [1.165, 1.54) is 12.1 Å². The highest BCUT2D eigenvalue weighted by Crippen LogP contribution is 2.48. The number of carbonyl (C=O) groups is 2. The summed E-state index contributed by atoms with van der Waals surface area (Å²) in [6.45, 7) is 0. The van der Waals surface area contributed by atoms with Gasteiger partial charge in [0.15, 0.2) is 5.76 Å². The predicted octanol–water partition coefficient (Wildman–Crippen LogP) is 7.60. The zero-order valence-corrected chi connectivity index (χ0v) is 22.4.